The third-order valence-corrected chi connectivity index (χ3v) is 1.05. The normalized spacial score (nSPS) is 11.2. The van der Waals surface area contributed by atoms with Crippen molar-refractivity contribution < 1.29 is 9.47 Å². The molecule has 0 bridgehead atoms. The van der Waals surface area contributed by atoms with E-state index in [-0.39, 0.29) is 5.60 Å². The molecule has 0 atom stereocenters. The Balaban J connectivity index is 3.06. The van der Waals surface area contributed by atoms with E-state index in [9.17, 15) is 0 Å². The maximum atomic E-state index is 5.31. The predicted molar refractivity (Wildman–Crippen MR) is 49.2 cm³/mol. The summed E-state index contributed by atoms with van der Waals surface area (Å²) in [5, 5.41) is 3.46. The number of rotatable bonds is 6. The van der Waals surface area contributed by atoms with Crippen molar-refractivity contribution in [2.45, 2.75) is 26.4 Å². The summed E-state index contributed by atoms with van der Waals surface area (Å²) < 4.78 is 10.5. The van der Waals surface area contributed by atoms with E-state index in [1.165, 1.54) is 0 Å². The smallest absolute Gasteiger partial charge is 0.147 e. The first-order chi connectivity index (χ1) is 5.56. The molecule has 0 spiro atoms. The maximum absolute atomic E-state index is 5.31. The fourth-order valence-electron chi connectivity index (χ4n) is 0.474. The number of hydrogen-bond donors (Lipinski definition) is 1. The van der Waals surface area contributed by atoms with Gasteiger partial charge in [0.2, 0.25) is 0 Å². The number of ether oxygens (including phenoxy) is 2. The minimum Gasteiger partial charge on any atom is -0.354 e. The van der Waals surface area contributed by atoms with Crippen molar-refractivity contribution in [2.75, 3.05) is 19.9 Å². The average molecular weight is 174 g/mol. The Morgan fingerprint density at radius 2 is 2.08 bits per heavy atom. The molecule has 0 aromatic heterocycles. The van der Waals surface area contributed by atoms with Crippen LogP contribution in [0.1, 0.15) is 20.8 Å². The van der Waals surface area contributed by atoms with Crippen molar-refractivity contribution in [3.63, 3.8) is 0 Å². The first kappa shape index (κ1) is 11.4. The summed E-state index contributed by atoms with van der Waals surface area (Å²) in [4.78, 5) is 0. The summed E-state index contributed by atoms with van der Waals surface area (Å²) in [5.41, 5.74) is 2.54. The topological polar surface area (TPSA) is 42.9 Å². The van der Waals surface area contributed by atoms with Crippen LogP contribution in [0.5, 0.6) is 0 Å². The predicted octanol–water partition coefficient (Wildman–Crippen LogP) is 0.981. The molecule has 0 amide bonds. The lowest BCUT2D eigenvalue weighted by Crippen LogP contribution is -2.22. The standard InChI is InChI=1S/C8H18N2O2/c1-8(2,3)12-7-11-6-5-10-9-4/h10H,4-7H2,1-3H3. The molecule has 4 nitrogen and oxygen atoms in total. The highest BCUT2D eigenvalue weighted by Gasteiger charge is 2.08. The van der Waals surface area contributed by atoms with Crippen LogP contribution in [-0.4, -0.2) is 32.3 Å². The highest BCUT2D eigenvalue weighted by molar-refractivity contribution is 5.22. The lowest BCUT2D eigenvalue weighted by Gasteiger charge is -2.19. The van der Waals surface area contributed by atoms with Crippen molar-refractivity contribution >= 4 is 6.72 Å². The molecule has 12 heavy (non-hydrogen) atoms. The van der Waals surface area contributed by atoms with Gasteiger partial charge in [0.1, 0.15) is 6.79 Å². The van der Waals surface area contributed by atoms with Gasteiger partial charge in [0, 0.05) is 6.72 Å². The number of hydrazone groups is 1. The third kappa shape index (κ3) is 9.39. The molecule has 4 heteroatoms. The highest BCUT2D eigenvalue weighted by atomic mass is 16.7. The summed E-state index contributed by atoms with van der Waals surface area (Å²) >= 11 is 0. The summed E-state index contributed by atoms with van der Waals surface area (Å²) in [6.45, 7) is 10.8. The van der Waals surface area contributed by atoms with Gasteiger partial charge in [-0.1, -0.05) is 0 Å². The van der Waals surface area contributed by atoms with E-state index < -0.39 is 0 Å². The second kappa shape index (κ2) is 5.97. The molecule has 0 unspecified atom stereocenters. The van der Waals surface area contributed by atoms with E-state index in [4.69, 9.17) is 9.47 Å². The van der Waals surface area contributed by atoms with Crippen LogP contribution >= 0.6 is 0 Å². The highest BCUT2D eigenvalue weighted by Crippen LogP contribution is 2.05. The van der Waals surface area contributed by atoms with E-state index in [0.29, 0.717) is 19.9 Å². The molecule has 0 rings (SSSR count). The van der Waals surface area contributed by atoms with Crippen LogP contribution in [-0.2, 0) is 9.47 Å². The first-order valence-corrected chi connectivity index (χ1v) is 3.96. The second-order valence-electron chi connectivity index (χ2n) is 3.35. The molecule has 0 heterocycles. The Morgan fingerprint density at radius 1 is 1.42 bits per heavy atom. The molecule has 72 valence electrons. The van der Waals surface area contributed by atoms with Gasteiger partial charge in [-0.3, -0.25) is 0 Å². The molecular weight excluding hydrogens is 156 g/mol. The van der Waals surface area contributed by atoms with Crippen LogP contribution in [0, 0.1) is 0 Å². The van der Waals surface area contributed by atoms with Crippen LogP contribution < -0.4 is 5.43 Å². The molecular formula is C8H18N2O2. The monoisotopic (exact) mass is 174 g/mol. The van der Waals surface area contributed by atoms with Crippen LogP contribution in [0.3, 0.4) is 0 Å². The minimum absolute atomic E-state index is 0.135. The van der Waals surface area contributed by atoms with Gasteiger partial charge in [-0.25, -0.2) is 0 Å². The summed E-state index contributed by atoms with van der Waals surface area (Å²) in [5.74, 6) is 0. The van der Waals surface area contributed by atoms with Crippen LogP contribution in [0.15, 0.2) is 5.10 Å². The first-order valence-electron chi connectivity index (χ1n) is 3.96. The quantitative estimate of drug-likeness (QED) is 0.282. The van der Waals surface area contributed by atoms with E-state index in [0.717, 1.165) is 0 Å². The van der Waals surface area contributed by atoms with Gasteiger partial charge < -0.3 is 14.9 Å². The molecule has 0 radical (unpaired) electrons. The summed E-state index contributed by atoms with van der Waals surface area (Å²) in [6, 6.07) is 0. The van der Waals surface area contributed by atoms with Gasteiger partial charge >= 0.3 is 0 Å². The van der Waals surface area contributed by atoms with Crippen molar-refractivity contribution in [3.8, 4) is 0 Å². The lowest BCUT2D eigenvalue weighted by atomic mass is 10.2. The fourth-order valence-corrected chi connectivity index (χ4v) is 0.474. The lowest BCUT2D eigenvalue weighted by molar-refractivity contribution is -0.118. The van der Waals surface area contributed by atoms with Crippen molar-refractivity contribution in [2.24, 2.45) is 5.10 Å². The zero-order valence-electron chi connectivity index (χ0n) is 8.09. The van der Waals surface area contributed by atoms with Crippen LogP contribution in [0.4, 0.5) is 0 Å². The molecule has 0 aliphatic heterocycles. The molecule has 0 aromatic rings. The second-order valence-corrected chi connectivity index (χ2v) is 3.35. The summed E-state index contributed by atoms with van der Waals surface area (Å²) in [6.07, 6.45) is 0. The van der Waals surface area contributed by atoms with Crippen molar-refractivity contribution in [3.05, 3.63) is 0 Å². The molecule has 0 saturated carbocycles. The zero-order valence-corrected chi connectivity index (χ0v) is 8.09. The van der Waals surface area contributed by atoms with Crippen LogP contribution in [0.25, 0.3) is 0 Å². The van der Waals surface area contributed by atoms with Gasteiger partial charge in [0.15, 0.2) is 0 Å². The fraction of sp³-hybridized carbons (Fsp3) is 0.875. The molecule has 1 N–H and O–H groups in total. The van der Waals surface area contributed by atoms with Crippen LogP contribution in [0.2, 0.25) is 0 Å². The molecule has 0 aromatic carbocycles. The molecule has 0 saturated heterocycles. The maximum Gasteiger partial charge on any atom is 0.147 e. The molecule has 0 fully saturated rings. The Labute approximate surface area is 73.9 Å². The average Bonchev–Trinajstić information content (AvgIpc) is 1.94. The largest absolute Gasteiger partial charge is 0.354 e. The Morgan fingerprint density at radius 3 is 2.58 bits per heavy atom. The van der Waals surface area contributed by atoms with Gasteiger partial charge in [-0.2, -0.15) is 5.10 Å². The van der Waals surface area contributed by atoms with E-state index in [1.807, 2.05) is 20.8 Å². The summed E-state index contributed by atoms with van der Waals surface area (Å²) in [7, 11) is 0. The van der Waals surface area contributed by atoms with Gasteiger partial charge in [-0.15, -0.1) is 0 Å². The van der Waals surface area contributed by atoms with Gasteiger partial charge in [0.05, 0.1) is 18.8 Å². The van der Waals surface area contributed by atoms with Gasteiger partial charge in [0.25, 0.3) is 0 Å². The Hall–Kier alpha value is -0.610. The molecule has 0 aliphatic carbocycles. The number of nitrogens with one attached hydrogen (secondary N) is 1. The minimum atomic E-state index is -0.135. The number of hydrogen-bond acceptors (Lipinski definition) is 4. The Kier molecular flexibility index (Phi) is 5.66. The van der Waals surface area contributed by atoms with E-state index in [1.54, 1.807) is 0 Å². The van der Waals surface area contributed by atoms with E-state index >= 15 is 0 Å². The zero-order chi connectivity index (χ0) is 9.45. The SMILES string of the molecule is C=NNCCOCOC(C)(C)C. The number of nitrogens with zero attached hydrogens (tertiary/aromatic N) is 1. The van der Waals surface area contributed by atoms with Crippen molar-refractivity contribution in [1.29, 1.82) is 0 Å². The Bertz CT molecular complexity index is 121. The van der Waals surface area contributed by atoms with Crippen molar-refractivity contribution in [1.82, 2.24) is 5.43 Å². The third-order valence-electron chi connectivity index (χ3n) is 1.05. The van der Waals surface area contributed by atoms with E-state index in [2.05, 4.69) is 17.2 Å². The molecule has 0 aliphatic rings. The van der Waals surface area contributed by atoms with Gasteiger partial charge in [-0.05, 0) is 20.8 Å².